The summed E-state index contributed by atoms with van der Waals surface area (Å²) in [6, 6.07) is 10.5. The van der Waals surface area contributed by atoms with E-state index in [1.165, 1.54) is 17.7 Å². The Balaban J connectivity index is 1.80. The molecule has 0 unspecified atom stereocenters. The summed E-state index contributed by atoms with van der Waals surface area (Å²) in [4.78, 5) is 0. The van der Waals surface area contributed by atoms with Gasteiger partial charge in [-0.25, -0.2) is 4.39 Å². The minimum Gasteiger partial charge on any atom is -0.487 e. The summed E-state index contributed by atoms with van der Waals surface area (Å²) >= 11 is 6.02. The lowest BCUT2D eigenvalue weighted by molar-refractivity contribution is 0.137. The molecule has 0 saturated heterocycles. The molecule has 0 atom stereocenters. The van der Waals surface area contributed by atoms with Crippen molar-refractivity contribution in [1.82, 2.24) is 0 Å². The van der Waals surface area contributed by atoms with Crippen LogP contribution in [0.15, 0.2) is 36.4 Å². The lowest BCUT2D eigenvalue weighted by atomic mass is 10.0. The van der Waals surface area contributed by atoms with E-state index in [0.29, 0.717) is 17.3 Å². The van der Waals surface area contributed by atoms with E-state index < -0.39 is 0 Å². The van der Waals surface area contributed by atoms with Crippen molar-refractivity contribution in [2.45, 2.75) is 32.4 Å². The van der Waals surface area contributed by atoms with E-state index in [4.69, 9.17) is 16.3 Å². The second kappa shape index (κ2) is 5.23. The van der Waals surface area contributed by atoms with Crippen LogP contribution in [-0.2, 0) is 13.0 Å². The molecule has 1 heterocycles. The first-order valence-corrected chi connectivity index (χ1v) is 7.31. The number of ether oxygens (including phenoxy) is 1. The van der Waals surface area contributed by atoms with Crippen molar-refractivity contribution >= 4 is 17.3 Å². The first-order valence-electron chi connectivity index (χ1n) is 6.93. The van der Waals surface area contributed by atoms with Crippen molar-refractivity contribution < 1.29 is 9.13 Å². The zero-order valence-electron chi connectivity index (χ0n) is 12.0. The van der Waals surface area contributed by atoms with E-state index in [9.17, 15) is 4.39 Å². The Labute approximate surface area is 128 Å². The summed E-state index contributed by atoms with van der Waals surface area (Å²) in [5.41, 5.74) is 2.86. The monoisotopic (exact) mass is 305 g/mol. The van der Waals surface area contributed by atoms with Crippen molar-refractivity contribution in [2.24, 2.45) is 0 Å². The van der Waals surface area contributed by atoms with Gasteiger partial charge < -0.3 is 10.1 Å². The SMILES string of the molecule is CC1(C)Cc2cccc(CNc3ccc(F)cc3Cl)c2O1. The van der Waals surface area contributed by atoms with Gasteiger partial charge in [0.1, 0.15) is 17.2 Å². The fraction of sp³-hybridized carbons (Fsp3) is 0.294. The van der Waals surface area contributed by atoms with Crippen LogP contribution in [0.4, 0.5) is 10.1 Å². The van der Waals surface area contributed by atoms with Crippen LogP contribution >= 0.6 is 11.6 Å². The Hall–Kier alpha value is -1.74. The van der Waals surface area contributed by atoms with Gasteiger partial charge in [0.15, 0.2) is 0 Å². The normalized spacial score (nSPS) is 15.4. The third-order valence-corrected chi connectivity index (χ3v) is 3.89. The summed E-state index contributed by atoms with van der Waals surface area (Å²) in [6.45, 7) is 4.76. The van der Waals surface area contributed by atoms with Crippen LogP contribution in [-0.4, -0.2) is 5.60 Å². The average molecular weight is 306 g/mol. The van der Waals surface area contributed by atoms with Crippen molar-refractivity contribution in [3.8, 4) is 5.75 Å². The minimum absolute atomic E-state index is 0.161. The second-order valence-electron chi connectivity index (χ2n) is 5.92. The number of halogens is 2. The highest BCUT2D eigenvalue weighted by Gasteiger charge is 2.31. The molecule has 1 N–H and O–H groups in total. The van der Waals surface area contributed by atoms with E-state index in [1.54, 1.807) is 6.07 Å². The van der Waals surface area contributed by atoms with Gasteiger partial charge in [-0.3, -0.25) is 0 Å². The second-order valence-corrected chi connectivity index (χ2v) is 6.33. The first kappa shape index (κ1) is 14.2. The maximum absolute atomic E-state index is 13.0. The van der Waals surface area contributed by atoms with Crippen LogP contribution in [0.1, 0.15) is 25.0 Å². The van der Waals surface area contributed by atoms with Gasteiger partial charge in [0.05, 0.1) is 10.7 Å². The Kier molecular flexibility index (Phi) is 3.54. The fourth-order valence-electron chi connectivity index (χ4n) is 2.64. The quantitative estimate of drug-likeness (QED) is 0.879. The molecule has 0 aromatic heterocycles. The molecule has 4 heteroatoms. The molecule has 0 bridgehead atoms. The van der Waals surface area contributed by atoms with Crippen molar-refractivity contribution in [3.05, 3.63) is 58.4 Å². The van der Waals surface area contributed by atoms with E-state index in [-0.39, 0.29) is 11.4 Å². The zero-order chi connectivity index (χ0) is 15.0. The van der Waals surface area contributed by atoms with Crippen LogP contribution in [0, 0.1) is 5.82 Å². The smallest absolute Gasteiger partial charge is 0.128 e. The van der Waals surface area contributed by atoms with Crippen molar-refractivity contribution in [3.63, 3.8) is 0 Å². The Morgan fingerprint density at radius 3 is 2.86 bits per heavy atom. The molecule has 2 nitrogen and oxygen atoms in total. The van der Waals surface area contributed by atoms with Crippen LogP contribution < -0.4 is 10.1 Å². The number of fused-ring (bicyclic) bond motifs is 1. The minimum atomic E-state index is -0.337. The number of rotatable bonds is 3. The van der Waals surface area contributed by atoms with Crippen LogP contribution in [0.2, 0.25) is 5.02 Å². The number of hydrogen-bond donors (Lipinski definition) is 1. The number of benzene rings is 2. The third-order valence-electron chi connectivity index (χ3n) is 3.57. The summed E-state index contributed by atoms with van der Waals surface area (Å²) in [5, 5.41) is 3.61. The topological polar surface area (TPSA) is 21.3 Å². The third kappa shape index (κ3) is 2.98. The van der Waals surface area contributed by atoms with Gasteiger partial charge in [-0.2, -0.15) is 0 Å². The summed E-state index contributed by atoms with van der Waals surface area (Å²) in [5.74, 6) is 0.615. The molecule has 0 saturated carbocycles. The number of anilines is 1. The molecular formula is C17H17ClFNO. The van der Waals surface area contributed by atoms with Crippen LogP contribution in [0.3, 0.4) is 0 Å². The van der Waals surface area contributed by atoms with Gasteiger partial charge in [0.25, 0.3) is 0 Å². The zero-order valence-corrected chi connectivity index (χ0v) is 12.8. The van der Waals surface area contributed by atoms with Gasteiger partial charge in [0, 0.05) is 18.5 Å². The summed E-state index contributed by atoms with van der Waals surface area (Å²) in [6.07, 6.45) is 0.910. The van der Waals surface area contributed by atoms with Gasteiger partial charge in [-0.05, 0) is 37.6 Å². The Morgan fingerprint density at radius 2 is 2.10 bits per heavy atom. The Morgan fingerprint density at radius 1 is 1.29 bits per heavy atom. The molecule has 2 aromatic rings. The number of hydrogen-bond acceptors (Lipinski definition) is 2. The molecule has 0 spiro atoms. The molecular weight excluding hydrogens is 289 g/mol. The molecule has 2 aromatic carbocycles. The van der Waals surface area contributed by atoms with Crippen molar-refractivity contribution in [1.29, 1.82) is 0 Å². The highest BCUT2D eigenvalue weighted by atomic mass is 35.5. The molecule has 0 amide bonds. The lowest BCUT2D eigenvalue weighted by Crippen LogP contribution is -2.25. The molecule has 0 fully saturated rings. The predicted octanol–water partition coefficient (Wildman–Crippen LogP) is 4.80. The largest absolute Gasteiger partial charge is 0.487 e. The van der Waals surface area contributed by atoms with E-state index in [2.05, 4.69) is 25.2 Å². The van der Waals surface area contributed by atoms with E-state index >= 15 is 0 Å². The standard InChI is InChI=1S/C17H17ClFNO/c1-17(2)9-11-4-3-5-12(16(11)21-17)10-20-15-7-6-13(19)8-14(15)18/h3-8,20H,9-10H2,1-2H3. The number of para-hydroxylation sites is 1. The maximum Gasteiger partial charge on any atom is 0.128 e. The van der Waals surface area contributed by atoms with Crippen molar-refractivity contribution in [2.75, 3.05) is 5.32 Å². The molecule has 0 aliphatic carbocycles. The van der Waals surface area contributed by atoms with Crippen LogP contribution in [0.5, 0.6) is 5.75 Å². The van der Waals surface area contributed by atoms with Gasteiger partial charge in [-0.1, -0.05) is 29.8 Å². The lowest BCUT2D eigenvalue weighted by Gasteiger charge is -2.18. The van der Waals surface area contributed by atoms with Gasteiger partial charge in [0.2, 0.25) is 0 Å². The molecule has 1 aliphatic rings. The van der Waals surface area contributed by atoms with Crippen LogP contribution in [0.25, 0.3) is 0 Å². The first-order chi connectivity index (χ1) is 9.94. The summed E-state index contributed by atoms with van der Waals surface area (Å²) < 4.78 is 19.1. The average Bonchev–Trinajstić information content (AvgIpc) is 2.72. The van der Waals surface area contributed by atoms with Gasteiger partial charge >= 0.3 is 0 Å². The van der Waals surface area contributed by atoms with E-state index in [1.807, 2.05) is 12.1 Å². The maximum atomic E-state index is 13.0. The molecule has 21 heavy (non-hydrogen) atoms. The van der Waals surface area contributed by atoms with Gasteiger partial charge in [-0.15, -0.1) is 0 Å². The summed E-state index contributed by atoms with van der Waals surface area (Å²) in [7, 11) is 0. The predicted molar refractivity (Wildman–Crippen MR) is 83.6 cm³/mol. The molecule has 1 aliphatic heterocycles. The Bertz CT molecular complexity index is 684. The molecule has 0 radical (unpaired) electrons. The molecule has 3 rings (SSSR count). The molecule has 110 valence electrons. The van der Waals surface area contributed by atoms with E-state index in [0.717, 1.165) is 17.7 Å². The highest BCUT2D eigenvalue weighted by molar-refractivity contribution is 6.33. The number of nitrogens with one attached hydrogen (secondary N) is 1. The highest BCUT2D eigenvalue weighted by Crippen LogP contribution is 2.38. The fourth-order valence-corrected chi connectivity index (χ4v) is 2.88.